The van der Waals surface area contributed by atoms with Crippen LogP contribution in [0.1, 0.15) is 0 Å². The van der Waals surface area contributed by atoms with Crippen molar-refractivity contribution in [3.63, 3.8) is 0 Å². The van der Waals surface area contributed by atoms with Crippen LogP contribution in [-0.2, 0) is 0 Å². The predicted octanol–water partition coefficient (Wildman–Crippen LogP) is 11.5. The van der Waals surface area contributed by atoms with Crippen molar-refractivity contribution < 1.29 is 0 Å². The Kier molecular flexibility index (Phi) is 5.85. The van der Waals surface area contributed by atoms with Crippen LogP contribution in [0, 0.1) is 0 Å². The highest BCUT2D eigenvalue weighted by molar-refractivity contribution is 6.14. The monoisotopic (exact) mass is 572 g/mol. The number of hydrogen-bond acceptors (Lipinski definition) is 1. The van der Waals surface area contributed by atoms with E-state index >= 15 is 0 Å². The highest BCUT2D eigenvalue weighted by Gasteiger charge is 2.17. The minimum atomic E-state index is 0.946. The lowest BCUT2D eigenvalue weighted by atomic mass is 9.95. The lowest BCUT2D eigenvalue weighted by molar-refractivity contribution is 1.16. The summed E-state index contributed by atoms with van der Waals surface area (Å²) in [4.78, 5) is 5.39. The fourth-order valence-electron chi connectivity index (χ4n) is 6.86. The molecule has 0 bridgehead atoms. The Bertz CT molecular complexity index is 2470. The van der Waals surface area contributed by atoms with E-state index in [2.05, 4.69) is 174 Å². The second-order valence-corrected chi connectivity index (χ2v) is 11.6. The van der Waals surface area contributed by atoms with Gasteiger partial charge in [-0.1, -0.05) is 140 Å². The van der Waals surface area contributed by atoms with Crippen LogP contribution in [-0.4, -0.2) is 9.55 Å². The van der Waals surface area contributed by atoms with E-state index < -0.39 is 0 Å². The van der Waals surface area contributed by atoms with E-state index in [9.17, 15) is 0 Å². The van der Waals surface area contributed by atoms with Crippen LogP contribution in [0.3, 0.4) is 0 Å². The highest BCUT2D eigenvalue weighted by Crippen LogP contribution is 2.38. The zero-order valence-corrected chi connectivity index (χ0v) is 24.6. The second-order valence-electron chi connectivity index (χ2n) is 11.6. The molecule has 0 spiro atoms. The standard InChI is InChI=1S/C43H28N2/c1-2-12-29(13-3-1)30-22-24-31(25-23-30)40-27-33(45-42-20-10-8-18-37(42)38-19-9-11-21-43(38)45)28-41(44-40)39-26-32-14-4-5-15-34(32)35-16-6-7-17-36(35)39/h1-28H. The van der Waals surface area contributed by atoms with E-state index in [0.29, 0.717) is 0 Å². The number of aromatic nitrogens is 2. The van der Waals surface area contributed by atoms with Crippen LogP contribution >= 0.6 is 0 Å². The molecule has 2 heterocycles. The maximum atomic E-state index is 5.39. The molecular weight excluding hydrogens is 544 g/mol. The summed E-state index contributed by atoms with van der Waals surface area (Å²) in [5.74, 6) is 0. The van der Waals surface area contributed by atoms with Gasteiger partial charge in [0.25, 0.3) is 0 Å². The number of para-hydroxylation sites is 2. The predicted molar refractivity (Wildman–Crippen MR) is 190 cm³/mol. The lowest BCUT2D eigenvalue weighted by Crippen LogP contribution is -1.98. The number of pyridine rings is 1. The third-order valence-corrected chi connectivity index (χ3v) is 8.98. The van der Waals surface area contributed by atoms with E-state index in [0.717, 1.165) is 28.2 Å². The average Bonchev–Trinajstić information content (AvgIpc) is 3.46. The molecule has 7 aromatic carbocycles. The molecule has 0 atom stereocenters. The van der Waals surface area contributed by atoms with Gasteiger partial charge in [-0.3, -0.25) is 0 Å². The van der Waals surface area contributed by atoms with Crippen molar-refractivity contribution in [2.45, 2.75) is 0 Å². The molecule has 9 aromatic rings. The van der Waals surface area contributed by atoms with Crippen molar-refractivity contribution >= 4 is 43.4 Å². The summed E-state index contributed by atoms with van der Waals surface area (Å²) in [6.45, 7) is 0. The molecule has 0 saturated carbocycles. The Labute approximate surface area is 261 Å². The highest BCUT2D eigenvalue weighted by atomic mass is 15.0. The second kappa shape index (κ2) is 10.3. The summed E-state index contributed by atoms with van der Waals surface area (Å²) in [6.07, 6.45) is 0. The molecule has 0 N–H and O–H groups in total. The summed E-state index contributed by atoms with van der Waals surface area (Å²) < 4.78 is 2.39. The van der Waals surface area contributed by atoms with Gasteiger partial charge < -0.3 is 4.57 Å². The minimum Gasteiger partial charge on any atom is -0.309 e. The Morgan fingerprint density at radius 3 is 1.58 bits per heavy atom. The summed E-state index contributed by atoms with van der Waals surface area (Å²) in [7, 11) is 0. The zero-order chi connectivity index (χ0) is 29.7. The lowest BCUT2D eigenvalue weighted by Gasteiger charge is -2.15. The summed E-state index contributed by atoms with van der Waals surface area (Å²) in [6, 6.07) is 60.8. The zero-order valence-electron chi connectivity index (χ0n) is 24.6. The average molecular weight is 573 g/mol. The van der Waals surface area contributed by atoms with Gasteiger partial charge in [-0.05, 0) is 63.0 Å². The van der Waals surface area contributed by atoms with Crippen molar-refractivity contribution in [2.75, 3.05) is 0 Å². The Morgan fingerprint density at radius 2 is 0.867 bits per heavy atom. The molecule has 0 saturated heterocycles. The van der Waals surface area contributed by atoms with E-state index in [-0.39, 0.29) is 0 Å². The van der Waals surface area contributed by atoms with Gasteiger partial charge in [0.05, 0.1) is 28.1 Å². The van der Waals surface area contributed by atoms with Gasteiger partial charge in [-0.15, -0.1) is 0 Å². The largest absolute Gasteiger partial charge is 0.309 e. The molecule has 0 fully saturated rings. The first-order chi connectivity index (χ1) is 22.3. The molecule has 0 aliphatic carbocycles. The molecule has 0 aliphatic rings. The van der Waals surface area contributed by atoms with Gasteiger partial charge in [0.2, 0.25) is 0 Å². The Balaban J connectivity index is 1.33. The van der Waals surface area contributed by atoms with E-state index in [1.807, 2.05) is 0 Å². The molecule has 0 aliphatic heterocycles. The third kappa shape index (κ3) is 4.22. The smallest absolute Gasteiger partial charge is 0.0736 e. The van der Waals surface area contributed by atoms with Crippen molar-refractivity contribution in [3.8, 4) is 39.3 Å². The van der Waals surface area contributed by atoms with Gasteiger partial charge in [0.15, 0.2) is 0 Å². The van der Waals surface area contributed by atoms with Crippen LogP contribution in [0.5, 0.6) is 0 Å². The fraction of sp³-hybridized carbons (Fsp3) is 0. The first kappa shape index (κ1) is 25.5. The molecule has 2 nitrogen and oxygen atoms in total. The SMILES string of the molecule is c1ccc(-c2ccc(-c3cc(-n4c5ccccc5c5ccccc54)cc(-c4cc5ccccc5c5ccccc45)n3)cc2)cc1. The summed E-state index contributed by atoms with van der Waals surface area (Å²) in [5, 5.41) is 7.40. The number of hydrogen-bond donors (Lipinski definition) is 0. The van der Waals surface area contributed by atoms with Crippen LogP contribution in [0.25, 0.3) is 82.7 Å². The molecule has 0 unspecified atom stereocenters. The maximum Gasteiger partial charge on any atom is 0.0736 e. The van der Waals surface area contributed by atoms with Crippen molar-refractivity contribution in [3.05, 3.63) is 170 Å². The molecule has 2 aromatic heterocycles. The molecule has 45 heavy (non-hydrogen) atoms. The van der Waals surface area contributed by atoms with Gasteiger partial charge >= 0.3 is 0 Å². The maximum absolute atomic E-state index is 5.39. The molecule has 2 heteroatoms. The van der Waals surface area contributed by atoms with Crippen LogP contribution in [0.15, 0.2) is 170 Å². The van der Waals surface area contributed by atoms with Crippen LogP contribution in [0.4, 0.5) is 0 Å². The van der Waals surface area contributed by atoms with Gasteiger partial charge in [-0.25, -0.2) is 4.98 Å². The van der Waals surface area contributed by atoms with Crippen molar-refractivity contribution in [1.29, 1.82) is 0 Å². The van der Waals surface area contributed by atoms with Gasteiger partial charge in [0, 0.05) is 21.9 Å². The van der Waals surface area contributed by atoms with Crippen molar-refractivity contribution in [2.24, 2.45) is 0 Å². The molecular formula is C43H28N2. The minimum absolute atomic E-state index is 0.946. The number of fused-ring (bicyclic) bond motifs is 6. The van der Waals surface area contributed by atoms with Crippen molar-refractivity contribution in [1.82, 2.24) is 9.55 Å². The molecule has 210 valence electrons. The third-order valence-electron chi connectivity index (χ3n) is 8.98. The quantitative estimate of drug-likeness (QED) is 0.192. The number of benzene rings is 7. The van der Waals surface area contributed by atoms with E-state index in [1.54, 1.807) is 0 Å². The summed E-state index contributed by atoms with van der Waals surface area (Å²) in [5.41, 5.74) is 9.99. The van der Waals surface area contributed by atoms with Gasteiger partial charge in [-0.2, -0.15) is 0 Å². The van der Waals surface area contributed by atoms with Gasteiger partial charge in [0.1, 0.15) is 0 Å². The first-order valence-electron chi connectivity index (χ1n) is 15.4. The van der Waals surface area contributed by atoms with Crippen LogP contribution in [0.2, 0.25) is 0 Å². The Morgan fingerprint density at radius 1 is 0.356 bits per heavy atom. The Hall–Kier alpha value is -5.99. The van der Waals surface area contributed by atoms with E-state index in [1.165, 1.54) is 54.5 Å². The number of rotatable bonds is 4. The summed E-state index contributed by atoms with van der Waals surface area (Å²) >= 11 is 0. The molecule has 0 radical (unpaired) electrons. The number of nitrogens with zero attached hydrogens (tertiary/aromatic N) is 2. The van der Waals surface area contributed by atoms with Crippen LogP contribution < -0.4 is 0 Å². The van der Waals surface area contributed by atoms with E-state index in [4.69, 9.17) is 4.98 Å². The first-order valence-corrected chi connectivity index (χ1v) is 15.4. The molecule has 9 rings (SSSR count). The normalized spacial score (nSPS) is 11.6. The molecule has 0 amide bonds. The topological polar surface area (TPSA) is 17.8 Å². The fourth-order valence-corrected chi connectivity index (χ4v) is 6.86.